The van der Waals surface area contributed by atoms with Crippen molar-refractivity contribution in [2.45, 2.75) is 63.7 Å². The highest BCUT2D eigenvalue weighted by Crippen LogP contribution is 2.37. The highest BCUT2D eigenvalue weighted by atomic mass is 35.5. The lowest BCUT2D eigenvalue weighted by molar-refractivity contribution is -0.128. The number of methoxy groups -OCH3 is 1. The van der Waals surface area contributed by atoms with Gasteiger partial charge in [0.25, 0.3) is 5.91 Å². The third-order valence-electron chi connectivity index (χ3n) is 9.32. The zero-order valence-electron chi connectivity index (χ0n) is 26.0. The third-order valence-corrected chi connectivity index (χ3v) is 9.95. The Morgan fingerprint density at radius 2 is 1.78 bits per heavy atom. The van der Waals surface area contributed by atoms with E-state index >= 15 is 0 Å². The van der Waals surface area contributed by atoms with E-state index in [2.05, 4.69) is 62.9 Å². The van der Waals surface area contributed by atoms with Gasteiger partial charge in [0.15, 0.2) is 0 Å². The van der Waals surface area contributed by atoms with Crippen molar-refractivity contribution in [1.82, 2.24) is 25.7 Å². The van der Waals surface area contributed by atoms with Crippen LogP contribution in [0.3, 0.4) is 0 Å². The van der Waals surface area contributed by atoms with Crippen molar-refractivity contribution in [3.63, 3.8) is 0 Å². The molecule has 0 radical (unpaired) electrons. The number of aryl methyl sites for hydroxylation is 2. The molecule has 10 heteroatoms. The maximum atomic E-state index is 14.5. The number of nitrogens with one attached hydrogen (secondary N) is 2. The molecule has 2 atom stereocenters. The predicted molar refractivity (Wildman–Crippen MR) is 180 cm³/mol. The fourth-order valence-electron chi connectivity index (χ4n) is 6.68. The Morgan fingerprint density at radius 3 is 2.52 bits per heavy atom. The molecule has 1 aliphatic carbocycles. The number of carbonyl (C=O) groups is 1. The van der Waals surface area contributed by atoms with Crippen molar-refractivity contribution >= 4 is 34.7 Å². The van der Waals surface area contributed by atoms with Crippen LogP contribution in [-0.4, -0.2) is 59.3 Å². The van der Waals surface area contributed by atoms with E-state index in [9.17, 15) is 4.79 Å². The molecule has 3 aliphatic rings. The van der Waals surface area contributed by atoms with Crippen LogP contribution in [-0.2, 0) is 24.2 Å². The molecule has 1 aromatic heterocycles. The summed E-state index contributed by atoms with van der Waals surface area (Å²) in [5.41, 5.74) is 7.07. The van der Waals surface area contributed by atoms with Gasteiger partial charge < -0.3 is 24.8 Å². The van der Waals surface area contributed by atoms with Gasteiger partial charge in [0.1, 0.15) is 5.75 Å². The lowest BCUT2D eigenvalue weighted by atomic mass is 9.83. The van der Waals surface area contributed by atoms with E-state index in [1.54, 1.807) is 25.3 Å². The van der Waals surface area contributed by atoms with Crippen LogP contribution in [0.25, 0.3) is 17.0 Å². The zero-order chi connectivity index (χ0) is 31.8. The summed E-state index contributed by atoms with van der Waals surface area (Å²) in [5, 5.41) is 12.3. The van der Waals surface area contributed by atoms with Gasteiger partial charge in [-0.15, -0.1) is 0 Å². The van der Waals surface area contributed by atoms with Crippen LogP contribution in [0.4, 0.5) is 0 Å². The molecule has 8 nitrogen and oxygen atoms in total. The van der Waals surface area contributed by atoms with Gasteiger partial charge in [-0.2, -0.15) is 4.98 Å². The summed E-state index contributed by atoms with van der Waals surface area (Å²) >= 11 is 12.7. The van der Waals surface area contributed by atoms with Crippen LogP contribution in [0.5, 0.6) is 5.75 Å². The predicted octanol–water partition coefficient (Wildman–Crippen LogP) is 6.42. The van der Waals surface area contributed by atoms with Gasteiger partial charge in [0.2, 0.25) is 11.7 Å². The van der Waals surface area contributed by atoms with Crippen LogP contribution in [0.1, 0.15) is 47.4 Å². The maximum absolute atomic E-state index is 14.5. The molecule has 238 valence electrons. The van der Waals surface area contributed by atoms with Crippen LogP contribution < -0.4 is 15.4 Å². The summed E-state index contributed by atoms with van der Waals surface area (Å²) in [5.74, 6) is 1.90. The quantitative estimate of drug-likeness (QED) is 0.203. The number of benzene rings is 3. The number of fused-ring (bicyclic) bond motifs is 2. The molecule has 0 unspecified atom stereocenters. The third kappa shape index (κ3) is 6.32. The molecule has 3 heterocycles. The van der Waals surface area contributed by atoms with Gasteiger partial charge in [-0.1, -0.05) is 70.8 Å². The number of aromatic nitrogens is 2. The van der Waals surface area contributed by atoms with Gasteiger partial charge in [-0.3, -0.25) is 4.79 Å². The van der Waals surface area contributed by atoms with E-state index in [1.807, 2.05) is 12.1 Å². The molecule has 2 fully saturated rings. The van der Waals surface area contributed by atoms with Crippen molar-refractivity contribution in [3.8, 4) is 17.1 Å². The van der Waals surface area contributed by atoms with Crippen molar-refractivity contribution in [2.24, 2.45) is 0 Å². The molecule has 4 aromatic rings. The van der Waals surface area contributed by atoms with E-state index in [1.165, 1.54) is 0 Å². The lowest BCUT2D eigenvalue weighted by Crippen LogP contribution is -2.60. The minimum Gasteiger partial charge on any atom is -0.496 e. The smallest absolute Gasteiger partial charge is 0.252 e. The second-order valence-electron chi connectivity index (χ2n) is 12.4. The second kappa shape index (κ2) is 13.2. The van der Waals surface area contributed by atoms with Gasteiger partial charge in [-0.25, -0.2) is 0 Å². The first-order chi connectivity index (χ1) is 22.4. The lowest BCUT2D eigenvalue weighted by Gasteiger charge is -2.41. The number of carbonyl (C=O) groups excluding carboxylic acids is 1. The van der Waals surface area contributed by atoms with E-state index in [-0.39, 0.29) is 18.0 Å². The largest absolute Gasteiger partial charge is 0.496 e. The van der Waals surface area contributed by atoms with Crippen molar-refractivity contribution in [1.29, 1.82) is 0 Å². The molecule has 2 aliphatic heterocycles. The molecule has 2 bridgehead atoms. The number of rotatable bonds is 10. The molecule has 1 amide bonds. The molecule has 0 spiro atoms. The molecule has 1 saturated carbocycles. The minimum absolute atomic E-state index is 0.0272. The van der Waals surface area contributed by atoms with E-state index in [4.69, 9.17) is 32.5 Å². The Hall–Kier alpha value is -3.69. The summed E-state index contributed by atoms with van der Waals surface area (Å²) < 4.78 is 11.1. The number of hydrogen-bond donors (Lipinski definition) is 2. The SMILES string of the molecule is COc1cccc(CN(C(=O)C2=C(c3ccc(CCc4nc(-c5c(Cl)cccc5Cl)no4)cc3)C[C@@H]3CNC[C@H]2N3)C2CC2)c1C. The van der Waals surface area contributed by atoms with Crippen LogP contribution in [0, 0.1) is 6.92 Å². The molecule has 2 N–H and O–H groups in total. The van der Waals surface area contributed by atoms with Crippen molar-refractivity contribution < 1.29 is 14.1 Å². The topological polar surface area (TPSA) is 92.5 Å². The Morgan fingerprint density at radius 1 is 1.02 bits per heavy atom. The Labute approximate surface area is 279 Å². The van der Waals surface area contributed by atoms with Crippen molar-refractivity contribution in [3.05, 3.63) is 104 Å². The Kier molecular flexibility index (Phi) is 8.88. The normalized spacial score (nSPS) is 19.3. The monoisotopic (exact) mass is 657 g/mol. The molecule has 3 aromatic carbocycles. The number of nitrogens with zero attached hydrogens (tertiary/aromatic N) is 3. The number of halogens is 2. The first-order valence-electron chi connectivity index (χ1n) is 15.9. The van der Waals surface area contributed by atoms with Gasteiger partial charge in [0, 0.05) is 43.7 Å². The average molecular weight is 659 g/mol. The molecular weight excluding hydrogens is 621 g/mol. The van der Waals surface area contributed by atoms with Crippen LogP contribution in [0.15, 0.2) is 70.8 Å². The highest BCUT2D eigenvalue weighted by molar-refractivity contribution is 6.38. The molecule has 1 saturated heterocycles. The summed E-state index contributed by atoms with van der Waals surface area (Å²) in [6.45, 7) is 4.27. The number of ether oxygens (including phenoxy) is 1. The number of piperazine rings is 1. The second-order valence-corrected chi connectivity index (χ2v) is 13.2. The molecule has 7 rings (SSSR count). The van der Waals surface area contributed by atoms with Gasteiger partial charge in [0.05, 0.1) is 28.8 Å². The Bertz CT molecular complexity index is 1760. The standard InChI is InChI=1S/C36H37Cl2N5O3/c1-21-24(5-3-8-31(21)45-2)20-43(26-14-15-26)36(44)33-27(17-25-18-39-19-30(33)40-25)23-12-9-22(10-13-23)11-16-32-41-35(42-46-32)34-28(37)6-4-7-29(34)38/h3-10,12-13,25-26,30,39-40H,11,14-20H2,1-2H3/t25-,30-/m1/s1. The van der Waals surface area contributed by atoms with Crippen LogP contribution >= 0.6 is 23.2 Å². The fraction of sp³-hybridized carbons (Fsp3) is 0.361. The van der Waals surface area contributed by atoms with Gasteiger partial charge >= 0.3 is 0 Å². The van der Waals surface area contributed by atoms with Gasteiger partial charge in [-0.05, 0) is 78.6 Å². The zero-order valence-corrected chi connectivity index (χ0v) is 27.5. The van der Waals surface area contributed by atoms with E-state index in [0.29, 0.717) is 46.3 Å². The summed E-state index contributed by atoms with van der Waals surface area (Å²) in [6, 6.07) is 20.5. The van der Waals surface area contributed by atoms with Crippen LogP contribution in [0.2, 0.25) is 10.0 Å². The highest BCUT2D eigenvalue weighted by Gasteiger charge is 2.41. The first-order valence-corrected chi connectivity index (χ1v) is 16.6. The first kappa shape index (κ1) is 30.9. The average Bonchev–Trinajstić information content (AvgIpc) is 3.80. The van der Waals surface area contributed by atoms with E-state index in [0.717, 1.165) is 77.9 Å². The summed E-state index contributed by atoms with van der Waals surface area (Å²) in [6.07, 6.45) is 4.20. The van der Waals surface area contributed by atoms with Crippen molar-refractivity contribution in [2.75, 3.05) is 20.2 Å². The minimum atomic E-state index is -0.0272. The fourth-order valence-corrected chi connectivity index (χ4v) is 7.24. The summed E-state index contributed by atoms with van der Waals surface area (Å²) in [7, 11) is 1.69. The summed E-state index contributed by atoms with van der Waals surface area (Å²) in [4.78, 5) is 21.2. The van der Waals surface area contributed by atoms with E-state index < -0.39 is 0 Å². The number of hydrogen-bond acceptors (Lipinski definition) is 7. The Balaban J connectivity index is 1.12. The maximum Gasteiger partial charge on any atom is 0.252 e. The molecule has 46 heavy (non-hydrogen) atoms. The molecular formula is C36H37Cl2N5O3. The number of amides is 1.